The number of ether oxygens (including phenoxy) is 1. The largest absolute Gasteiger partial charge is 0.378 e. The van der Waals surface area contributed by atoms with Gasteiger partial charge in [-0.1, -0.05) is 12.8 Å². The van der Waals surface area contributed by atoms with Gasteiger partial charge in [0.05, 0.1) is 31.0 Å². The van der Waals surface area contributed by atoms with Gasteiger partial charge in [-0.25, -0.2) is 9.97 Å². The van der Waals surface area contributed by atoms with Crippen LogP contribution in [0.4, 0.5) is 5.95 Å². The van der Waals surface area contributed by atoms with Gasteiger partial charge in [-0.05, 0) is 38.8 Å². The zero-order valence-electron chi connectivity index (χ0n) is 19.1. The van der Waals surface area contributed by atoms with Crippen LogP contribution >= 0.6 is 0 Å². The molecule has 0 radical (unpaired) electrons. The van der Waals surface area contributed by atoms with Crippen molar-refractivity contribution in [2.24, 2.45) is 0 Å². The van der Waals surface area contributed by atoms with Crippen LogP contribution in [-0.4, -0.2) is 97.2 Å². The molecule has 9 heteroatoms. The van der Waals surface area contributed by atoms with Crippen LogP contribution < -0.4 is 10.2 Å². The molecule has 0 aliphatic carbocycles. The van der Waals surface area contributed by atoms with E-state index in [-0.39, 0.29) is 11.8 Å². The minimum atomic E-state index is 0.00178. The van der Waals surface area contributed by atoms with E-state index >= 15 is 0 Å². The van der Waals surface area contributed by atoms with Crippen molar-refractivity contribution >= 4 is 17.8 Å². The second-order valence-corrected chi connectivity index (χ2v) is 8.92. The van der Waals surface area contributed by atoms with E-state index < -0.39 is 0 Å². The Morgan fingerprint density at radius 2 is 1.62 bits per heavy atom. The molecule has 3 saturated heterocycles. The predicted molar refractivity (Wildman–Crippen MR) is 122 cm³/mol. The van der Waals surface area contributed by atoms with Crippen LogP contribution in [0.3, 0.4) is 0 Å². The number of hydrogen-bond donors (Lipinski definition) is 1. The molecule has 0 spiro atoms. The Kier molecular flexibility index (Phi) is 8.28. The molecular formula is C23H36N6O3. The van der Waals surface area contributed by atoms with Crippen molar-refractivity contribution in [3.05, 3.63) is 17.5 Å². The summed E-state index contributed by atoms with van der Waals surface area (Å²) in [6, 6.07) is 0. The third kappa shape index (κ3) is 6.16. The second kappa shape index (κ2) is 11.6. The van der Waals surface area contributed by atoms with E-state index in [0.717, 1.165) is 52.1 Å². The first kappa shape index (κ1) is 22.9. The van der Waals surface area contributed by atoms with Gasteiger partial charge >= 0.3 is 0 Å². The molecule has 0 bridgehead atoms. The van der Waals surface area contributed by atoms with Crippen molar-refractivity contribution in [3.63, 3.8) is 0 Å². The SMILES string of the molecule is O=C(CN1CCCCCC1)NCCc1nc(N2CCOCC2)ncc1C(=O)N1CCCC1. The second-order valence-electron chi connectivity index (χ2n) is 8.92. The summed E-state index contributed by atoms with van der Waals surface area (Å²) in [7, 11) is 0. The summed E-state index contributed by atoms with van der Waals surface area (Å²) in [4.78, 5) is 41.0. The van der Waals surface area contributed by atoms with Crippen LogP contribution in [0.25, 0.3) is 0 Å². The number of likely N-dealkylation sites (tertiary alicyclic amines) is 2. The van der Waals surface area contributed by atoms with Crippen molar-refractivity contribution in [2.45, 2.75) is 44.9 Å². The van der Waals surface area contributed by atoms with Crippen LogP contribution in [0.15, 0.2) is 6.20 Å². The van der Waals surface area contributed by atoms with E-state index in [0.29, 0.717) is 49.9 Å². The fraction of sp³-hybridized carbons (Fsp3) is 0.739. The van der Waals surface area contributed by atoms with E-state index in [9.17, 15) is 9.59 Å². The van der Waals surface area contributed by atoms with Gasteiger partial charge < -0.3 is 19.9 Å². The minimum absolute atomic E-state index is 0.00178. The first-order valence-corrected chi connectivity index (χ1v) is 12.2. The van der Waals surface area contributed by atoms with Crippen molar-refractivity contribution < 1.29 is 14.3 Å². The molecule has 4 heterocycles. The maximum atomic E-state index is 13.1. The summed E-state index contributed by atoms with van der Waals surface area (Å²) in [5, 5.41) is 3.03. The van der Waals surface area contributed by atoms with E-state index in [2.05, 4.69) is 20.1 Å². The van der Waals surface area contributed by atoms with Crippen LogP contribution in [0.2, 0.25) is 0 Å². The first-order chi connectivity index (χ1) is 15.7. The lowest BCUT2D eigenvalue weighted by Crippen LogP contribution is -2.39. The molecule has 3 fully saturated rings. The van der Waals surface area contributed by atoms with Crippen molar-refractivity contribution in [1.82, 2.24) is 25.1 Å². The highest BCUT2D eigenvalue weighted by Gasteiger charge is 2.25. The molecule has 1 aromatic heterocycles. The summed E-state index contributed by atoms with van der Waals surface area (Å²) in [5.41, 5.74) is 1.28. The molecule has 0 unspecified atom stereocenters. The zero-order valence-corrected chi connectivity index (χ0v) is 19.1. The third-order valence-electron chi connectivity index (χ3n) is 6.52. The van der Waals surface area contributed by atoms with Gasteiger partial charge in [-0.15, -0.1) is 0 Å². The molecule has 2 amide bonds. The number of carbonyl (C=O) groups excluding carboxylic acids is 2. The van der Waals surface area contributed by atoms with Crippen molar-refractivity contribution in [1.29, 1.82) is 0 Å². The van der Waals surface area contributed by atoms with Gasteiger partial charge in [0.15, 0.2) is 0 Å². The molecule has 0 saturated carbocycles. The minimum Gasteiger partial charge on any atom is -0.378 e. The van der Waals surface area contributed by atoms with Gasteiger partial charge in [-0.2, -0.15) is 0 Å². The predicted octanol–water partition coefficient (Wildman–Crippen LogP) is 1.08. The number of carbonyl (C=O) groups is 2. The Bertz CT molecular complexity index is 769. The van der Waals surface area contributed by atoms with E-state index in [1.807, 2.05) is 4.90 Å². The van der Waals surface area contributed by atoms with E-state index in [4.69, 9.17) is 9.72 Å². The van der Waals surface area contributed by atoms with Crippen LogP contribution in [0.1, 0.15) is 54.6 Å². The maximum Gasteiger partial charge on any atom is 0.257 e. The Hall–Kier alpha value is -2.26. The summed E-state index contributed by atoms with van der Waals surface area (Å²) in [6.07, 6.45) is 9.12. The number of morpholine rings is 1. The number of nitrogens with one attached hydrogen (secondary N) is 1. The fourth-order valence-electron chi connectivity index (χ4n) is 4.66. The average molecular weight is 445 g/mol. The lowest BCUT2D eigenvalue weighted by Gasteiger charge is -2.27. The molecule has 3 aliphatic rings. The average Bonchev–Trinajstić information content (AvgIpc) is 3.24. The monoisotopic (exact) mass is 444 g/mol. The van der Waals surface area contributed by atoms with Crippen LogP contribution in [0.5, 0.6) is 0 Å². The topological polar surface area (TPSA) is 90.9 Å². The fourth-order valence-corrected chi connectivity index (χ4v) is 4.66. The molecule has 0 atom stereocenters. The first-order valence-electron chi connectivity index (χ1n) is 12.2. The highest BCUT2D eigenvalue weighted by atomic mass is 16.5. The molecule has 3 aliphatic heterocycles. The number of aromatic nitrogens is 2. The Labute approximate surface area is 190 Å². The normalized spacial score (nSPS) is 20.2. The van der Waals surface area contributed by atoms with Gasteiger partial charge in [0.25, 0.3) is 5.91 Å². The van der Waals surface area contributed by atoms with Crippen molar-refractivity contribution in [3.8, 4) is 0 Å². The molecule has 9 nitrogen and oxygen atoms in total. The quantitative estimate of drug-likeness (QED) is 0.673. The number of nitrogens with zero attached hydrogens (tertiary/aromatic N) is 5. The van der Waals surface area contributed by atoms with Gasteiger partial charge in [-0.3, -0.25) is 14.5 Å². The van der Waals surface area contributed by atoms with Crippen LogP contribution in [0, 0.1) is 0 Å². The van der Waals surface area contributed by atoms with Gasteiger partial charge in [0, 0.05) is 45.3 Å². The number of anilines is 1. The number of hydrogen-bond acceptors (Lipinski definition) is 7. The summed E-state index contributed by atoms with van der Waals surface area (Å²) < 4.78 is 5.43. The van der Waals surface area contributed by atoms with Gasteiger partial charge in [0.1, 0.15) is 0 Å². The van der Waals surface area contributed by atoms with E-state index in [1.165, 1.54) is 25.7 Å². The molecule has 1 aromatic rings. The highest BCUT2D eigenvalue weighted by molar-refractivity contribution is 5.95. The van der Waals surface area contributed by atoms with E-state index in [1.54, 1.807) is 6.20 Å². The Morgan fingerprint density at radius 3 is 2.34 bits per heavy atom. The summed E-state index contributed by atoms with van der Waals surface area (Å²) in [5.74, 6) is 0.681. The molecule has 1 N–H and O–H groups in total. The highest BCUT2D eigenvalue weighted by Crippen LogP contribution is 2.18. The lowest BCUT2D eigenvalue weighted by molar-refractivity contribution is -0.122. The molecule has 4 rings (SSSR count). The standard InChI is InChI=1S/C23H36N6O3/c30-21(18-27-9-3-1-2-4-10-27)24-8-7-20-19(22(31)28-11-5-6-12-28)17-25-23(26-20)29-13-15-32-16-14-29/h17H,1-16,18H2,(H,24,30). The Balaban J connectivity index is 1.39. The summed E-state index contributed by atoms with van der Waals surface area (Å²) in [6.45, 7) is 7.27. The smallest absolute Gasteiger partial charge is 0.257 e. The molecule has 176 valence electrons. The maximum absolute atomic E-state index is 13.1. The zero-order chi connectivity index (χ0) is 22.2. The third-order valence-corrected chi connectivity index (χ3v) is 6.52. The number of rotatable bonds is 7. The van der Waals surface area contributed by atoms with Crippen LogP contribution in [-0.2, 0) is 16.0 Å². The molecular weight excluding hydrogens is 408 g/mol. The summed E-state index contributed by atoms with van der Waals surface area (Å²) >= 11 is 0. The molecule has 0 aromatic carbocycles. The number of amides is 2. The van der Waals surface area contributed by atoms with Gasteiger partial charge in [0.2, 0.25) is 11.9 Å². The Morgan fingerprint density at radius 1 is 0.938 bits per heavy atom. The molecule has 32 heavy (non-hydrogen) atoms. The van der Waals surface area contributed by atoms with Crippen molar-refractivity contribution in [2.75, 3.05) is 70.5 Å². The lowest BCUT2D eigenvalue weighted by atomic mass is 10.1.